The Kier molecular flexibility index (Phi) is 6.12. The Bertz CT molecular complexity index is 971. The molecule has 150 valence electrons. The summed E-state index contributed by atoms with van der Waals surface area (Å²) in [4.78, 5) is 14.4. The van der Waals surface area contributed by atoms with Crippen molar-refractivity contribution in [2.75, 3.05) is 39.2 Å². The van der Waals surface area contributed by atoms with Gasteiger partial charge in [0.25, 0.3) is 0 Å². The fraction of sp³-hybridized carbons (Fsp3) is 0.286. The van der Waals surface area contributed by atoms with E-state index in [1.165, 1.54) is 11.8 Å². The molecule has 1 aliphatic heterocycles. The molecule has 0 radical (unpaired) electrons. The van der Waals surface area contributed by atoms with Crippen LogP contribution in [0.4, 0.5) is 0 Å². The van der Waals surface area contributed by atoms with E-state index in [1.807, 2.05) is 64.1 Å². The monoisotopic (exact) mass is 410 g/mol. The number of carbonyl (C=O) groups is 1. The Hall–Kier alpha value is -2.84. The number of methoxy groups -OCH3 is 1. The SMILES string of the molecule is COc1cccc(-c2nnc(SCC(=O)N3CCOCC3)n2-c2ccccc2)c1. The van der Waals surface area contributed by atoms with Gasteiger partial charge >= 0.3 is 0 Å². The Morgan fingerprint density at radius 3 is 2.66 bits per heavy atom. The van der Waals surface area contributed by atoms with E-state index in [4.69, 9.17) is 9.47 Å². The van der Waals surface area contributed by atoms with Gasteiger partial charge in [-0.2, -0.15) is 0 Å². The van der Waals surface area contributed by atoms with Gasteiger partial charge in [-0.25, -0.2) is 0 Å². The van der Waals surface area contributed by atoms with Crippen molar-refractivity contribution in [3.63, 3.8) is 0 Å². The minimum absolute atomic E-state index is 0.0869. The summed E-state index contributed by atoms with van der Waals surface area (Å²) in [6.45, 7) is 2.47. The fourth-order valence-electron chi connectivity index (χ4n) is 3.15. The largest absolute Gasteiger partial charge is 0.497 e. The zero-order valence-electron chi connectivity index (χ0n) is 16.2. The number of carbonyl (C=O) groups excluding carboxylic acids is 1. The third kappa shape index (κ3) is 4.44. The lowest BCUT2D eigenvalue weighted by Gasteiger charge is -2.26. The topological polar surface area (TPSA) is 69.5 Å². The van der Waals surface area contributed by atoms with Gasteiger partial charge in [-0.05, 0) is 24.3 Å². The van der Waals surface area contributed by atoms with Gasteiger partial charge in [0.15, 0.2) is 11.0 Å². The van der Waals surface area contributed by atoms with Crippen molar-refractivity contribution in [3.8, 4) is 22.8 Å². The summed E-state index contributed by atoms with van der Waals surface area (Å²) in [7, 11) is 1.64. The van der Waals surface area contributed by atoms with Gasteiger partial charge in [-0.1, -0.05) is 42.1 Å². The molecule has 1 aromatic heterocycles. The van der Waals surface area contributed by atoms with Crippen LogP contribution in [-0.2, 0) is 9.53 Å². The molecule has 1 aliphatic rings. The maximum atomic E-state index is 12.6. The maximum Gasteiger partial charge on any atom is 0.233 e. The molecule has 0 atom stereocenters. The molecule has 0 aliphatic carbocycles. The minimum atomic E-state index is 0.0869. The fourth-order valence-corrected chi connectivity index (χ4v) is 4.01. The normalized spacial score (nSPS) is 14.0. The van der Waals surface area contributed by atoms with Crippen LogP contribution in [0.15, 0.2) is 59.8 Å². The van der Waals surface area contributed by atoms with Crippen LogP contribution in [0.1, 0.15) is 0 Å². The molecule has 1 fully saturated rings. The number of benzene rings is 2. The first-order valence-electron chi connectivity index (χ1n) is 9.40. The molecule has 0 spiro atoms. The number of thioether (sulfide) groups is 1. The van der Waals surface area contributed by atoms with E-state index in [2.05, 4.69) is 10.2 Å². The Balaban J connectivity index is 1.63. The van der Waals surface area contributed by atoms with Crippen LogP contribution < -0.4 is 4.74 Å². The number of ether oxygens (including phenoxy) is 2. The van der Waals surface area contributed by atoms with E-state index in [-0.39, 0.29) is 5.91 Å². The molecule has 0 unspecified atom stereocenters. The van der Waals surface area contributed by atoms with E-state index in [0.717, 1.165) is 17.0 Å². The van der Waals surface area contributed by atoms with E-state index in [0.29, 0.717) is 43.0 Å². The molecule has 2 heterocycles. The molecule has 1 saturated heterocycles. The highest BCUT2D eigenvalue weighted by Crippen LogP contribution is 2.29. The van der Waals surface area contributed by atoms with Crippen molar-refractivity contribution >= 4 is 17.7 Å². The number of nitrogens with zero attached hydrogens (tertiary/aromatic N) is 4. The first kappa shape index (κ1) is 19.5. The Morgan fingerprint density at radius 2 is 1.90 bits per heavy atom. The number of hydrogen-bond donors (Lipinski definition) is 0. The first-order valence-corrected chi connectivity index (χ1v) is 10.4. The van der Waals surface area contributed by atoms with Crippen LogP contribution >= 0.6 is 11.8 Å². The Morgan fingerprint density at radius 1 is 1.10 bits per heavy atom. The molecule has 2 aromatic carbocycles. The van der Waals surface area contributed by atoms with Crippen LogP contribution in [-0.4, -0.2) is 64.7 Å². The van der Waals surface area contributed by atoms with Gasteiger partial charge in [0.05, 0.1) is 26.1 Å². The first-order chi connectivity index (χ1) is 14.3. The molecular formula is C21H22N4O3S. The predicted octanol–water partition coefficient (Wildman–Crippen LogP) is 2.89. The van der Waals surface area contributed by atoms with Gasteiger partial charge in [0, 0.05) is 24.3 Å². The summed E-state index contributed by atoms with van der Waals surface area (Å²) in [5.41, 5.74) is 1.84. The average Bonchev–Trinajstić information content (AvgIpc) is 3.22. The maximum absolute atomic E-state index is 12.6. The quantitative estimate of drug-likeness (QED) is 0.582. The van der Waals surface area contributed by atoms with Crippen LogP contribution in [0, 0.1) is 0 Å². The van der Waals surface area contributed by atoms with Gasteiger partial charge in [0.1, 0.15) is 5.75 Å². The third-order valence-corrected chi connectivity index (χ3v) is 5.58. The lowest BCUT2D eigenvalue weighted by molar-refractivity contribution is -0.132. The van der Waals surface area contributed by atoms with Gasteiger partial charge in [-0.15, -0.1) is 10.2 Å². The van der Waals surface area contributed by atoms with E-state index in [1.54, 1.807) is 7.11 Å². The summed E-state index contributed by atoms with van der Waals surface area (Å²) < 4.78 is 12.7. The zero-order chi connectivity index (χ0) is 20.1. The highest BCUT2D eigenvalue weighted by molar-refractivity contribution is 7.99. The van der Waals surface area contributed by atoms with Crippen molar-refractivity contribution in [3.05, 3.63) is 54.6 Å². The van der Waals surface area contributed by atoms with E-state index in [9.17, 15) is 4.79 Å². The van der Waals surface area contributed by atoms with Crippen LogP contribution in [0.25, 0.3) is 17.1 Å². The van der Waals surface area contributed by atoms with Crippen LogP contribution in [0.5, 0.6) is 5.75 Å². The second kappa shape index (κ2) is 9.11. The highest BCUT2D eigenvalue weighted by atomic mass is 32.2. The third-order valence-electron chi connectivity index (χ3n) is 4.66. The second-order valence-electron chi connectivity index (χ2n) is 6.49. The molecular weight excluding hydrogens is 388 g/mol. The van der Waals surface area contributed by atoms with Gasteiger partial charge < -0.3 is 14.4 Å². The molecule has 4 rings (SSSR count). The lowest BCUT2D eigenvalue weighted by atomic mass is 10.2. The van der Waals surface area contributed by atoms with Crippen molar-refractivity contribution in [2.24, 2.45) is 0 Å². The van der Waals surface area contributed by atoms with Crippen molar-refractivity contribution in [1.82, 2.24) is 19.7 Å². The standard InChI is InChI=1S/C21H22N4O3S/c1-27-18-9-5-6-16(14-18)20-22-23-21(25(20)17-7-3-2-4-8-17)29-15-19(26)24-10-12-28-13-11-24/h2-9,14H,10-13,15H2,1H3. The summed E-state index contributed by atoms with van der Waals surface area (Å²) in [6, 6.07) is 17.6. The zero-order valence-corrected chi connectivity index (χ0v) is 17.0. The number of morpholine rings is 1. The summed E-state index contributed by atoms with van der Waals surface area (Å²) in [5, 5.41) is 9.48. The summed E-state index contributed by atoms with van der Waals surface area (Å²) in [5.74, 6) is 1.85. The van der Waals surface area contributed by atoms with Crippen molar-refractivity contribution in [1.29, 1.82) is 0 Å². The van der Waals surface area contributed by atoms with Gasteiger partial charge in [0.2, 0.25) is 5.91 Å². The van der Waals surface area contributed by atoms with Crippen molar-refractivity contribution < 1.29 is 14.3 Å². The molecule has 0 saturated carbocycles. The van der Waals surface area contributed by atoms with E-state index < -0.39 is 0 Å². The van der Waals surface area contributed by atoms with Crippen LogP contribution in [0.3, 0.4) is 0 Å². The molecule has 29 heavy (non-hydrogen) atoms. The highest BCUT2D eigenvalue weighted by Gasteiger charge is 2.21. The number of hydrogen-bond acceptors (Lipinski definition) is 6. The second-order valence-corrected chi connectivity index (χ2v) is 7.43. The number of amides is 1. The number of aromatic nitrogens is 3. The van der Waals surface area contributed by atoms with E-state index >= 15 is 0 Å². The van der Waals surface area contributed by atoms with Gasteiger partial charge in [-0.3, -0.25) is 9.36 Å². The van der Waals surface area contributed by atoms with Crippen molar-refractivity contribution in [2.45, 2.75) is 5.16 Å². The molecule has 1 amide bonds. The van der Waals surface area contributed by atoms with Crippen LogP contribution in [0.2, 0.25) is 0 Å². The summed E-state index contributed by atoms with van der Waals surface area (Å²) >= 11 is 1.40. The molecule has 8 heteroatoms. The Labute approximate surface area is 173 Å². The number of para-hydroxylation sites is 1. The molecule has 0 bridgehead atoms. The molecule has 0 N–H and O–H groups in total. The lowest BCUT2D eigenvalue weighted by Crippen LogP contribution is -2.41. The molecule has 7 nitrogen and oxygen atoms in total. The predicted molar refractivity (Wildman–Crippen MR) is 111 cm³/mol. The molecule has 3 aromatic rings. The minimum Gasteiger partial charge on any atom is -0.497 e. The summed E-state index contributed by atoms with van der Waals surface area (Å²) in [6.07, 6.45) is 0. The average molecular weight is 410 g/mol. The smallest absolute Gasteiger partial charge is 0.233 e. The number of rotatable bonds is 6.